The van der Waals surface area contributed by atoms with Crippen LogP contribution in [0.3, 0.4) is 0 Å². The normalized spacial score (nSPS) is 14.4. The van der Waals surface area contributed by atoms with E-state index >= 15 is 0 Å². The first-order chi connectivity index (χ1) is 21.8. The van der Waals surface area contributed by atoms with Gasteiger partial charge in [0.05, 0.1) is 16.6 Å². The fourth-order valence-electron chi connectivity index (χ4n) is 7.23. The molecule has 0 aliphatic heterocycles. The molecule has 2 heterocycles. The number of rotatable bonds is 4. The van der Waals surface area contributed by atoms with Gasteiger partial charge in [0.2, 0.25) is 0 Å². The number of allylic oxidation sites excluding steroid dienone is 1. The molecule has 0 spiro atoms. The van der Waals surface area contributed by atoms with Gasteiger partial charge in [-0.05, 0) is 83.3 Å². The average molecular weight is 563 g/mol. The molecule has 0 amide bonds. The zero-order valence-corrected chi connectivity index (χ0v) is 24.3. The van der Waals surface area contributed by atoms with Crippen LogP contribution >= 0.6 is 0 Å². The highest BCUT2D eigenvalue weighted by Gasteiger charge is 2.24. The molecule has 0 bridgehead atoms. The number of aromatic nitrogens is 2. The number of fused-ring (bicyclic) bond motifs is 6. The second-order valence-electron chi connectivity index (χ2n) is 11.8. The van der Waals surface area contributed by atoms with Gasteiger partial charge in [0, 0.05) is 39.1 Å². The van der Waals surface area contributed by atoms with Crippen molar-refractivity contribution in [2.45, 2.75) is 12.3 Å². The summed E-state index contributed by atoms with van der Waals surface area (Å²) in [5.74, 6) is 0.311. The van der Waals surface area contributed by atoms with Gasteiger partial charge in [-0.2, -0.15) is 0 Å². The molecule has 208 valence electrons. The summed E-state index contributed by atoms with van der Waals surface area (Å²) >= 11 is 0. The number of nitrogens with zero attached hydrogens (tertiary/aromatic N) is 2. The van der Waals surface area contributed by atoms with Crippen LogP contribution in [0, 0.1) is 0 Å². The van der Waals surface area contributed by atoms with E-state index in [0.29, 0.717) is 5.92 Å². The largest absolute Gasteiger partial charge is 0.310 e. The fourth-order valence-corrected chi connectivity index (χ4v) is 7.23. The van der Waals surface area contributed by atoms with E-state index in [1.54, 1.807) is 0 Å². The molecule has 8 aromatic rings. The molecule has 44 heavy (non-hydrogen) atoms. The maximum atomic E-state index is 2.43. The van der Waals surface area contributed by atoms with Gasteiger partial charge in [-0.1, -0.05) is 109 Å². The Kier molecular flexibility index (Phi) is 5.67. The molecular weight excluding hydrogens is 532 g/mol. The van der Waals surface area contributed by atoms with Gasteiger partial charge in [0.15, 0.2) is 0 Å². The molecule has 0 fully saturated rings. The first-order valence-electron chi connectivity index (χ1n) is 15.4. The summed E-state index contributed by atoms with van der Waals surface area (Å²) in [6.45, 7) is 0. The molecule has 1 aliphatic rings. The van der Waals surface area contributed by atoms with Crippen LogP contribution in [-0.4, -0.2) is 9.13 Å². The molecular formula is C42H30N2. The topological polar surface area (TPSA) is 9.86 Å². The van der Waals surface area contributed by atoms with Crippen LogP contribution in [0.25, 0.3) is 61.3 Å². The maximum absolute atomic E-state index is 2.43. The van der Waals surface area contributed by atoms with Gasteiger partial charge < -0.3 is 9.13 Å². The van der Waals surface area contributed by atoms with E-state index < -0.39 is 0 Å². The zero-order valence-electron chi connectivity index (χ0n) is 24.3. The predicted octanol–water partition coefficient (Wildman–Crippen LogP) is 10.7. The Hall–Kier alpha value is -5.60. The van der Waals surface area contributed by atoms with Gasteiger partial charge >= 0.3 is 0 Å². The number of benzene rings is 6. The Bertz CT molecular complexity index is 2340. The minimum atomic E-state index is 0.311. The minimum absolute atomic E-state index is 0.311. The van der Waals surface area contributed by atoms with Crippen LogP contribution in [0.5, 0.6) is 0 Å². The predicted molar refractivity (Wildman–Crippen MR) is 185 cm³/mol. The number of hydrogen-bond acceptors (Lipinski definition) is 0. The maximum Gasteiger partial charge on any atom is 0.0541 e. The lowest BCUT2D eigenvalue weighted by atomic mass is 9.86. The van der Waals surface area contributed by atoms with Crippen molar-refractivity contribution < 1.29 is 0 Å². The Labute approximate surface area is 256 Å². The molecule has 1 aliphatic carbocycles. The Morgan fingerprint density at radius 3 is 1.82 bits per heavy atom. The summed E-state index contributed by atoms with van der Waals surface area (Å²) < 4.78 is 4.82. The van der Waals surface area contributed by atoms with Gasteiger partial charge in [0.25, 0.3) is 0 Å². The highest BCUT2D eigenvalue weighted by molar-refractivity contribution is 6.09. The van der Waals surface area contributed by atoms with E-state index in [0.717, 1.165) is 6.42 Å². The molecule has 0 saturated carbocycles. The molecule has 2 aromatic heterocycles. The van der Waals surface area contributed by atoms with Crippen LogP contribution in [0.2, 0.25) is 0 Å². The second-order valence-corrected chi connectivity index (χ2v) is 11.8. The van der Waals surface area contributed by atoms with Crippen molar-refractivity contribution in [1.82, 2.24) is 9.13 Å². The minimum Gasteiger partial charge on any atom is -0.310 e. The van der Waals surface area contributed by atoms with Crippen molar-refractivity contribution in [2.24, 2.45) is 0 Å². The van der Waals surface area contributed by atoms with Crippen LogP contribution in [0.1, 0.15) is 22.7 Å². The van der Waals surface area contributed by atoms with Crippen molar-refractivity contribution in [1.29, 1.82) is 0 Å². The summed E-state index contributed by atoms with van der Waals surface area (Å²) in [5.41, 5.74) is 12.7. The Balaban J connectivity index is 1.14. The monoisotopic (exact) mass is 562 g/mol. The molecule has 2 nitrogen and oxygen atoms in total. The van der Waals surface area contributed by atoms with Gasteiger partial charge in [-0.15, -0.1) is 0 Å². The van der Waals surface area contributed by atoms with Crippen LogP contribution < -0.4 is 0 Å². The second kappa shape index (κ2) is 10.00. The summed E-state index contributed by atoms with van der Waals surface area (Å²) in [4.78, 5) is 0. The highest BCUT2D eigenvalue weighted by Crippen LogP contribution is 2.40. The highest BCUT2D eigenvalue weighted by atomic mass is 15.0. The smallest absolute Gasteiger partial charge is 0.0541 e. The third kappa shape index (κ3) is 3.88. The molecule has 1 atom stereocenters. The van der Waals surface area contributed by atoms with Crippen molar-refractivity contribution in [3.05, 3.63) is 175 Å². The summed E-state index contributed by atoms with van der Waals surface area (Å²) in [5, 5.41) is 3.94. The lowest BCUT2D eigenvalue weighted by molar-refractivity contribution is 0.826. The van der Waals surface area contributed by atoms with E-state index in [1.165, 1.54) is 72.0 Å². The quantitative estimate of drug-likeness (QED) is 0.202. The molecule has 6 aromatic carbocycles. The standard InChI is InChI=1S/C42H30N2/c1-3-11-29(12-4-1)30-19-23-34(24-20-30)44-40-18-10-8-16-36(40)38-28-32(22-26-42(38)44)31-21-25-41-37(27-31)35-15-7-9-17-39(35)43(41)33-13-5-2-6-14-33/h1-27,32H,28H2. The molecule has 0 radical (unpaired) electrons. The van der Waals surface area contributed by atoms with E-state index in [9.17, 15) is 0 Å². The van der Waals surface area contributed by atoms with Crippen LogP contribution in [-0.2, 0) is 6.42 Å². The van der Waals surface area contributed by atoms with Gasteiger partial charge in [-0.25, -0.2) is 0 Å². The van der Waals surface area contributed by atoms with Crippen molar-refractivity contribution in [3.63, 3.8) is 0 Å². The SMILES string of the molecule is C1=CC(c2ccc3c(c2)c2ccccc2n3-c2ccccc2)Cc2c1n(-c1ccc(-c3ccccc3)cc1)c1ccccc21. The van der Waals surface area contributed by atoms with Crippen molar-refractivity contribution in [3.8, 4) is 22.5 Å². The molecule has 0 N–H and O–H groups in total. The number of para-hydroxylation sites is 3. The van der Waals surface area contributed by atoms with Crippen molar-refractivity contribution >= 4 is 38.8 Å². The lowest BCUT2D eigenvalue weighted by Crippen LogP contribution is -2.07. The van der Waals surface area contributed by atoms with Crippen molar-refractivity contribution in [2.75, 3.05) is 0 Å². The van der Waals surface area contributed by atoms with E-state index in [4.69, 9.17) is 0 Å². The summed E-state index contributed by atoms with van der Waals surface area (Å²) in [7, 11) is 0. The zero-order chi connectivity index (χ0) is 29.0. The first-order valence-corrected chi connectivity index (χ1v) is 15.4. The number of hydrogen-bond donors (Lipinski definition) is 0. The van der Waals surface area contributed by atoms with Crippen LogP contribution in [0.4, 0.5) is 0 Å². The molecule has 1 unspecified atom stereocenters. The lowest BCUT2D eigenvalue weighted by Gasteiger charge is -2.20. The third-order valence-electron chi connectivity index (χ3n) is 9.30. The third-order valence-corrected chi connectivity index (χ3v) is 9.30. The molecule has 0 saturated heterocycles. The average Bonchev–Trinajstić information content (AvgIpc) is 3.61. The van der Waals surface area contributed by atoms with E-state index in [1.807, 2.05) is 0 Å². The van der Waals surface area contributed by atoms with E-state index in [2.05, 4.69) is 173 Å². The fraction of sp³-hybridized carbons (Fsp3) is 0.0476. The van der Waals surface area contributed by atoms with Gasteiger partial charge in [-0.3, -0.25) is 0 Å². The van der Waals surface area contributed by atoms with Crippen LogP contribution in [0.15, 0.2) is 158 Å². The van der Waals surface area contributed by atoms with Gasteiger partial charge in [0.1, 0.15) is 0 Å². The first kappa shape index (κ1) is 24.9. The molecule has 2 heteroatoms. The summed E-state index contributed by atoms with van der Waals surface area (Å²) in [6.07, 6.45) is 5.74. The van der Waals surface area contributed by atoms with E-state index in [-0.39, 0.29) is 0 Å². The molecule has 9 rings (SSSR count). The Morgan fingerprint density at radius 1 is 0.455 bits per heavy atom. The summed E-state index contributed by atoms with van der Waals surface area (Å²) in [6, 6.07) is 55.0. The Morgan fingerprint density at radius 2 is 1.05 bits per heavy atom.